The van der Waals surface area contributed by atoms with Gasteiger partial charge in [0.25, 0.3) is 0 Å². The van der Waals surface area contributed by atoms with E-state index in [4.69, 9.17) is 16.3 Å². The van der Waals surface area contributed by atoms with Crippen LogP contribution in [0.2, 0.25) is 5.02 Å². The number of hydrogen-bond donors (Lipinski definition) is 0. The van der Waals surface area contributed by atoms with Gasteiger partial charge in [-0.05, 0) is 31.5 Å². The zero-order valence-electron chi connectivity index (χ0n) is 14.4. The van der Waals surface area contributed by atoms with Crippen LogP contribution in [-0.2, 0) is 16.0 Å². The Kier molecular flexibility index (Phi) is 5.54. The van der Waals surface area contributed by atoms with Crippen molar-refractivity contribution in [3.63, 3.8) is 0 Å². The van der Waals surface area contributed by atoms with Gasteiger partial charge in [-0.2, -0.15) is 0 Å². The maximum absolute atomic E-state index is 12.5. The Hall–Kier alpha value is -2.44. The highest BCUT2D eigenvalue weighted by Crippen LogP contribution is 2.22. The van der Waals surface area contributed by atoms with Crippen molar-refractivity contribution in [2.45, 2.75) is 20.3 Å². The number of rotatable bonds is 6. The third kappa shape index (κ3) is 3.86. The molecule has 0 N–H and O–H groups in total. The van der Waals surface area contributed by atoms with Gasteiger partial charge in [0.1, 0.15) is 0 Å². The molecule has 0 spiro atoms. The molecule has 1 aromatic carbocycles. The summed E-state index contributed by atoms with van der Waals surface area (Å²) in [6.07, 6.45) is 1.75. The maximum atomic E-state index is 12.5. The Morgan fingerprint density at radius 2 is 2.04 bits per heavy atom. The molecule has 2 aromatic heterocycles. The van der Waals surface area contributed by atoms with Gasteiger partial charge in [0, 0.05) is 33.6 Å². The molecule has 0 bridgehead atoms. The Morgan fingerprint density at radius 1 is 1.27 bits per heavy atom. The summed E-state index contributed by atoms with van der Waals surface area (Å²) in [6, 6.07) is 8.85. The number of Topliss-reactive ketones (excluding diaryl/α,β-unsaturated/α-hetero) is 1. The fourth-order valence-electron chi connectivity index (χ4n) is 2.74. The second-order valence-corrected chi connectivity index (χ2v) is 7.07. The van der Waals surface area contributed by atoms with Crippen molar-refractivity contribution in [3.8, 4) is 5.13 Å². The van der Waals surface area contributed by atoms with Crippen LogP contribution in [-0.4, -0.2) is 27.9 Å². The van der Waals surface area contributed by atoms with Gasteiger partial charge >= 0.3 is 5.97 Å². The summed E-state index contributed by atoms with van der Waals surface area (Å²) in [6.45, 7) is 3.47. The first-order valence-corrected chi connectivity index (χ1v) is 9.24. The molecule has 0 aliphatic rings. The van der Waals surface area contributed by atoms with Crippen molar-refractivity contribution in [2.75, 3.05) is 6.61 Å². The molecule has 7 heteroatoms. The predicted molar refractivity (Wildman–Crippen MR) is 101 cm³/mol. The topological polar surface area (TPSA) is 61.2 Å². The average molecular weight is 389 g/mol. The molecule has 0 radical (unpaired) electrons. The summed E-state index contributed by atoms with van der Waals surface area (Å²) in [7, 11) is 0. The molecule has 0 atom stereocenters. The van der Waals surface area contributed by atoms with E-state index in [1.807, 2.05) is 23.8 Å². The molecule has 3 rings (SSSR count). The SMILES string of the molecule is Cc1cc(C(=O)COC(=O)Cc2ccccc2Cl)c(C)n1-c1nccs1. The molecule has 0 saturated carbocycles. The van der Waals surface area contributed by atoms with Gasteiger partial charge in [0.05, 0.1) is 6.42 Å². The number of ether oxygens (including phenoxy) is 1. The summed E-state index contributed by atoms with van der Waals surface area (Å²) in [5.41, 5.74) is 2.89. The Labute approximate surface area is 160 Å². The predicted octanol–water partition coefficient (Wildman–Crippen LogP) is 4.17. The molecule has 0 fully saturated rings. The van der Waals surface area contributed by atoms with Gasteiger partial charge in [-0.3, -0.25) is 14.2 Å². The third-order valence-corrected chi connectivity index (χ3v) is 5.12. The molecule has 0 aliphatic heterocycles. The minimum atomic E-state index is -0.486. The minimum absolute atomic E-state index is 0.0328. The molecule has 5 nitrogen and oxygen atoms in total. The number of esters is 1. The monoisotopic (exact) mass is 388 g/mol. The molecule has 134 valence electrons. The smallest absolute Gasteiger partial charge is 0.310 e. The first-order valence-electron chi connectivity index (χ1n) is 7.98. The van der Waals surface area contributed by atoms with Crippen LogP contribution in [0.3, 0.4) is 0 Å². The Bertz CT molecular complexity index is 948. The van der Waals surface area contributed by atoms with Crippen molar-refractivity contribution >= 4 is 34.7 Å². The van der Waals surface area contributed by atoms with E-state index in [1.54, 1.807) is 36.5 Å². The quantitative estimate of drug-likeness (QED) is 0.469. The third-order valence-electron chi connectivity index (χ3n) is 4.00. The second-order valence-electron chi connectivity index (χ2n) is 5.79. The highest BCUT2D eigenvalue weighted by Gasteiger charge is 2.19. The molecule has 0 saturated heterocycles. The van der Waals surface area contributed by atoms with Crippen LogP contribution < -0.4 is 0 Å². The number of aryl methyl sites for hydroxylation is 1. The number of benzene rings is 1. The normalized spacial score (nSPS) is 10.7. The van der Waals surface area contributed by atoms with Gasteiger partial charge < -0.3 is 4.74 Å². The lowest BCUT2D eigenvalue weighted by Gasteiger charge is -2.07. The zero-order valence-corrected chi connectivity index (χ0v) is 15.9. The van der Waals surface area contributed by atoms with Crippen molar-refractivity contribution < 1.29 is 14.3 Å². The Morgan fingerprint density at radius 3 is 2.73 bits per heavy atom. The van der Waals surface area contributed by atoms with Crippen molar-refractivity contribution in [1.29, 1.82) is 0 Å². The van der Waals surface area contributed by atoms with Gasteiger partial charge in [0.15, 0.2) is 11.7 Å². The number of carbonyl (C=O) groups is 2. The molecule has 2 heterocycles. The highest BCUT2D eigenvalue weighted by atomic mass is 35.5. The van der Waals surface area contributed by atoms with E-state index in [2.05, 4.69) is 4.98 Å². The van der Waals surface area contributed by atoms with Crippen LogP contribution in [0.1, 0.15) is 27.3 Å². The number of carbonyl (C=O) groups excluding carboxylic acids is 2. The van der Waals surface area contributed by atoms with Crippen molar-refractivity contribution in [2.24, 2.45) is 0 Å². The second kappa shape index (κ2) is 7.85. The van der Waals surface area contributed by atoms with Crippen LogP contribution in [0, 0.1) is 13.8 Å². The average Bonchev–Trinajstić information content (AvgIpc) is 3.22. The number of nitrogens with zero attached hydrogens (tertiary/aromatic N) is 2. The van der Waals surface area contributed by atoms with Gasteiger partial charge in [-0.15, -0.1) is 11.3 Å². The van der Waals surface area contributed by atoms with Gasteiger partial charge in [0.2, 0.25) is 5.78 Å². The fourth-order valence-corrected chi connectivity index (χ4v) is 3.69. The van der Waals surface area contributed by atoms with Crippen LogP contribution in [0.4, 0.5) is 0 Å². The fraction of sp³-hybridized carbons (Fsp3) is 0.211. The van der Waals surface area contributed by atoms with Gasteiger partial charge in [-0.1, -0.05) is 29.8 Å². The lowest BCUT2D eigenvalue weighted by molar-refractivity contribution is -0.141. The molecular formula is C19H17ClN2O3S. The number of thiazole rings is 1. The number of halogens is 1. The van der Waals surface area contributed by atoms with E-state index in [1.165, 1.54) is 11.3 Å². The number of aromatic nitrogens is 2. The lowest BCUT2D eigenvalue weighted by Crippen LogP contribution is -2.16. The van der Waals surface area contributed by atoms with E-state index in [9.17, 15) is 9.59 Å². The molecule has 26 heavy (non-hydrogen) atoms. The maximum Gasteiger partial charge on any atom is 0.310 e. The van der Waals surface area contributed by atoms with E-state index in [0.717, 1.165) is 16.5 Å². The molecule has 0 unspecified atom stereocenters. The zero-order chi connectivity index (χ0) is 18.7. The molecule has 3 aromatic rings. The summed E-state index contributed by atoms with van der Waals surface area (Å²) in [5, 5.41) is 3.18. The lowest BCUT2D eigenvalue weighted by atomic mass is 10.1. The highest BCUT2D eigenvalue weighted by molar-refractivity contribution is 7.12. The van der Waals surface area contributed by atoms with Crippen LogP contribution >= 0.6 is 22.9 Å². The van der Waals surface area contributed by atoms with E-state index >= 15 is 0 Å². The molecular weight excluding hydrogens is 372 g/mol. The summed E-state index contributed by atoms with van der Waals surface area (Å²) in [4.78, 5) is 28.8. The van der Waals surface area contributed by atoms with E-state index in [-0.39, 0.29) is 18.8 Å². The van der Waals surface area contributed by atoms with E-state index < -0.39 is 5.97 Å². The standard InChI is InChI=1S/C19H17ClN2O3S/c1-12-9-15(13(2)22(12)19-21-7-8-26-19)17(23)11-25-18(24)10-14-5-3-4-6-16(14)20/h3-9H,10-11H2,1-2H3. The van der Waals surface area contributed by atoms with Crippen LogP contribution in [0.15, 0.2) is 41.9 Å². The Balaban J connectivity index is 1.67. The van der Waals surface area contributed by atoms with Crippen molar-refractivity contribution in [1.82, 2.24) is 9.55 Å². The minimum Gasteiger partial charge on any atom is -0.457 e. The van der Waals surface area contributed by atoms with Crippen molar-refractivity contribution in [3.05, 3.63) is 69.4 Å². The molecule has 0 aliphatic carbocycles. The largest absolute Gasteiger partial charge is 0.457 e. The van der Waals surface area contributed by atoms with Crippen LogP contribution in [0.5, 0.6) is 0 Å². The van der Waals surface area contributed by atoms with E-state index in [0.29, 0.717) is 16.1 Å². The summed E-state index contributed by atoms with van der Waals surface area (Å²) in [5.74, 6) is -0.728. The first-order chi connectivity index (χ1) is 12.5. The summed E-state index contributed by atoms with van der Waals surface area (Å²) >= 11 is 7.53. The number of hydrogen-bond acceptors (Lipinski definition) is 5. The first kappa shape index (κ1) is 18.4. The summed E-state index contributed by atoms with van der Waals surface area (Å²) < 4.78 is 7.06. The molecule has 0 amide bonds. The van der Waals surface area contributed by atoms with Crippen LogP contribution in [0.25, 0.3) is 5.13 Å². The number of ketones is 1. The van der Waals surface area contributed by atoms with Gasteiger partial charge in [-0.25, -0.2) is 4.98 Å².